The number of carbonyl (C=O) groups excluding carboxylic acids is 1. The van der Waals surface area contributed by atoms with E-state index in [1.165, 1.54) is 30.2 Å². The van der Waals surface area contributed by atoms with E-state index in [0.717, 1.165) is 6.07 Å². The van der Waals surface area contributed by atoms with Crippen LogP contribution in [0.5, 0.6) is 5.88 Å². The van der Waals surface area contributed by atoms with E-state index in [4.69, 9.17) is 4.74 Å². The van der Waals surface area contributed by atoms with Crippen LogP contribution in [0.15, 0.2) is 36.4 Å². The number of benzene rings is 1. The average molecular weight is 366 g/mol. The van der Waals surface area contributed by atoms with Gasteiger partial charge in [0.05, 0.1) is 18.2 Å². The van der Waals surface area contributed by atoms with E-state index < -0.39 is 17.6 Å². The van der Waals surface area contributed by atoms with Crippen LogP contribution in [0, 0.1) is 0 Å². The summed E-state index contributed by atoms with van der Waals surface area (Å²) in [5.41, 5.74) is -1.23. The summed E-state index contributed by atoms with van der Waals surface area (Å²) in [7, 11) is 1.49. The van der Waals surface area contributed by atoms with Gasteiger partial charge in [-0.15, -0.1) is 10.2 Å². The Morgan fingerprint density at radius 2 is 1.73 bits per heavy atom. The Morgan fingerprint density at radius 3 is 2.31 bits per heavy atom. The second kappa shape index (κ2) is 7.19. The monoisotopic (exact) mass is 366 g/mol. The number of carbonyl (C=O) groups is 1. The lowest BCUT2D eigenvalue weighted by molar-refractivity contribution is -0.138. The van der Waals surface area contributed by atoms with Crippen LogP contribution in [0.25, 0.3) is 0 Å². The number of anilines is 1. The minimum absolute atomic E-state index is 0.304. The van der Waals surface area contributed by atoms with Crippen molar-refractivity contribution < 1.29 is 22.7 Å². The van der Waals surface area contributed by atoms with Crippen LogP contribution in [0.3, 0.4) is 0 Å². The number of hydrogen-bond donors (Lipinski definition) is 0. The van der Waals surface area contributed by atoms with Gasteiger partial charge in [0, 0.05) is 32.2 Å². The standard InChI is InChI=1S/C17H17F3N4O2/c1-26-15-7-6-14(21-22-15)23-8-10-24(11-9-23)16(25)12-4-2-3-5-13(12)17(18,19)20/h2-7H,8-11H2,1H3. The predicted octanol–water partition coefficient (Wildman–Crippen LogP) is 2.47. The molecule has 3 rings (SSSR count). The summed E-state index contributed by atoms with van der Waals surface area (Å²) in [6.45, 7) is 1.53. The van der Waals surface area contributed by atoms with Crippen molar-refractivity contribution in [2.75, 3.05) is 38.2 Å². The molecule has 1 aromatic carbocycles. The van der Waals surface area contributed by atoms with E-state index in [-0.39, 0.29) is 5.56 Å². The van der Waals surface area contributed by atoms with Crippen molar-refractivity contribution in [2.45, 2.75) is 6.18 Å². The quantitative estimate of drug-likeness (QED) is 0.835. The van der Waals surface area contributed by atoms with Gasteiger partial charge in [-0.25, -0.2) is 0 Å². The number of amides is 1. The number of ether oxygens (including phenoxy) is 1. The Balaban J connectivity index is 1.69. The highest BCUT2D eigenvalue weighted by molar-refractivity contribution is 5.96. The summed E-state index contributed by atoms with van der Waals surface area (Å²) < 4.78 is 44.3. The van der Waals surface area contributed by atoms with E-state index in [1.807, 2.05) is 4.90 Å². The lowest BCUT2D eigenvalue weighted by Gasteiger charge is -2.35. The van der Waals surface area contributed by atoms with Gasteiger partial charge in [-0.05, 0) is 18.2 Å². The zero-order chi connectivity index (χ0) is 18.7. The SMILES string of the molecule is COc1ccc(N2CCN(C(=O)c3ccccc3C(F)(F)F)CC2)nn1. The zero-order valence-corrected chi connectivity index (χ0v) is 14.0. The van der Waals surface area contributed by atoms with Crippen LogP contribution in [0.1, 0.15) is 15.9 Å². The molecule has 9 heteroatoms. The molecule has 1 aliphatic rings. The van der Waals surface area contributed by atoms with E-state index in [2.05, 4.69) is 10.2 Å². The molecule has 0 unspecified atom stereocenters. The molecule has 1 amide bonds. The first-order valence-electron chi connectivity index (χ1n) is 7.98. The molecule has 2 aromatic rings. The highest BCUT2D eigenvalue weighted by Crippen LogP contribution is 2.32. The van der Waals surface area contributed by atoms with Crippen molar-refractivity contribution in [3.8, 4) is 5.88 Å². The molecule has 1 aliphatic heterocycles. The Kier molecular flexibility index (Phi) is 4.97. The fourth-order valence-corrected chi connectivity index (χ4v) is 2.82. The zero-order valence-electron chi connectivity index (χ0n) is 14.0. The number of halogens is 3. The Labute approximate surface area is 148 Å². The third-order valence-electron chi connectivity index (χ3n) is 4.19. The minimum atomic E-state index is -4.56. The number of hydrogen-bond acceptors (Lipinski definition) is 5. The molecule has 26 heavy (non-hydrogen) atoms. The summed E-state index contributed by atoms with van der Waals surface area (Å²) in [6, 6.07) is 8.29. The van der Waals surface area contributed by atoms with E-state index in [0.29, 0.717) is 37.9 Å². The first kappa shape index (κ1) is 18.0. The minimum Gasteiger partial charge on any atom is -0.480 e. The van der Waals surface area contributed by atoms with Crippen LogP contribution in [-0.4, -0.2) is 54.3 Å². The summed E-state index contributed by atoms with van der Waals surface area (Å²) >= 11 is 0. The fourth-order valence-electron chi connectivity index (χ4n) is 2.82. The van der Waals surface area contributed by atoms with Crippen LogP contribution >= 0.6 is 0 Å². The van der Waals surface area contributed by atoms with Gasteiger partial charge in [-0.1, -0.05) is 12.1 Å². The normalized spacial score (nSPS) is 15.1. The molecule has 1 aromatic heterocycles. The van der Waals surface area contributed by atoms with Gasteiger partial charge in [0.1, 0.15) is 0 Å². The van der Waals surface area contributed by atoms with Crippen molar-refractivity contribution in [1.29, 1.82) is 0 Å². The van der Waals surface area contributed by atoms with Crippen LogP contribution in [-0.2, 0) is 6.18 Å². The maximum absolute atomic E-state index is 13.1. The molecular weight excluding hydrogens is 349 g/mol. The van der Waals surface area contributed by atoms with Crippen LogP contribution < -0.4 is 9.64 Å². The van der Waals surface area contributed by atoms with Crippen molar-refractivity contribution in [2.24, 2.45) is 0 Å². The molecule has 0 bridgehead atoms. The molecule has 0 radical (unpaired) electrons. The van der Waals surface area contributed by atoms with Crippen molar-refractivity contribution in [3.05, 3.63) is 47.5 Å². The molecule has 6 nitrogen and oxygen atoms in total. The fraction of sp³-hybridized carbons (Fsp3) is 0.353. The molecule has 2 heterocycles. The van der Waals surface area contributed by atoms with E-state index in [9.17, 15) is 18.0 Å². The summed E-state index contributed by atoms with van der Waals surface area (Å²) in [4.78, 5) is 15.9. The van der Waals surface area contributed by atoms with Crippen molar-refractivity contribution in [1.82, 2.24) is 15.1 Å². The molecule has 0 atom stereocenters. The number of rotatable bonds is 3. The molecule has 1 saturated heterocycles. The molecule has 138 valence electrons. The third kappa shape index (κ3) is 3.71. The number of alkyl halides is 3. The molecule has 0 N–H and O–H groups in total. The Hall–Kier alpha value is -2.84. The molecule has 1 fully saturated rings. The number of nitrogens with zero attached hydrogens (tertiary/aromatic N) is 4. The molecular formula is C17H17F3N4O2. The summed E-state index contributed by atoms with van der Waals surface area (Å²) in [5.74, 6) is 0.415. The number of methoxy groups -OCH3 is 1. The topological polar surface area (TPSA) is 58.6 Å². The van der Waals surface area contributed by atoms with Gasteiger partial charge in [0.15, 0.2) is 5.82 Å². The molecule has 0 spiro atoms. The molecule has 0 aliphatic carbocycles. The summed E-state index contributed by atoms with van der Waals surface area (Å²) in [6.07, 6.45) is -4.56. The largest absolute Gasteiger partial charge is 0.480 e. The first-order chi connectivity index (χ1) is 12.4. The van der Waals surface area contributed by atoms with Gasteiger partial charge in [-0.2, -0.15) is 13.2 Å². The maximum atomic E-state index is 13.1. The highest BCUT2D eigenvalue weighted by Gasteiger charge is 2.36. The average Bonchev–Trinajstić information content (AvgIpc) is 2.67. The third-order valence-corrected chi connectivity index (χ3v) is 4.19. The van der Waals surface area contributed by atoms with E-state index in [1.54, 1.807) is 12.1 Å². The van der Waals surface area contributed by atoms with Crippen LogP contribution in [0.4, 0.5) is 19.0 Å². The molecule has 0 saturated carbocycles. The lowest BCUT2D eigenvalue weighted by atomic mass is 10.1. The summed E-state index contributed by atoms with van der Waals surface area (Å²) in [5, 5.41) is 7.94. The van der Waals surface area contributed by atoms with Gasteiger partial charge in [-0.3, -0.25) is 4.79 Å². The smallest absolute Gasteiger partial charge is 0.417 e. The van der Waals surface area contributed by atoms with Gasteiger partial charge in [0.25, 0.3) is 5.91 Å². The maximum Gasteiger partial charge on any atom is 0.417 e. The van der Waals surface area contributed by atoms with Gasteiger partial charge in [0.2, 0.25) is 5.88 Å². The number of aromatic nitrogens is 2. The van der Waals surface area contributed by atoms with E-state index >= 15 is 0 Å². The Morgan fingerprint density at radius 1 is 1.04 bits per heavy atom. The van der Waals surface area contributed by atoms with Crippen molar-refractivity contribution >= 4 is 11.7 Å². The van der Waals surface area contributed by atoms with Crippen molar-refractivity contribution in [3.63, 3.8) is 0 Å². The highest BCUT2D eigenvalue weighted by atomic mass is 19.4. The first-order valence-corrected chi connectivity index (χ1v) is 7.98. The lowest BCUT2D eigenvalue weighted by Crippen LogP contribution is -2.49. The second-order valence-corrected chi connectivity index (χ2v) is 5.76. The second-order valence-electron chi connectivity index (χ2n) is 5.76. The predicted molar refractivity (Wildman–Crippen MR) is 88.1 cm³/mol. The van der Waals surface area contributed by atoms with Crippen LogP contribution in [0.2, 0.25) is 0 Å². The Bertz CT molecular complexity index is 772. The number of piperazine rings is 1. The van der Waals surface area contributed by atoms with Gasteiger partial charge >= 0.3 is 6.18 Å². The van der Waals surface area contributed by atoms with Gasteiger partial charge < -0.3 is 14.5 Å².